The van der Waals surface area contributed by atoms with Crippen LogP contribution in [0.1, 0.15) is 59.4 Å². The summed E-state index contributed by atoms with van der Waals surface area (Å²) in [6.07, 6.45) is 1.14. The molecule has 1 rings (SSSR count). The Morgan fingerprint density at radius 3 is 2.40 bits per heavy atom. The summed E-state index contributed by atoms with van der Waals surface area (Å²) >= 11 is 0. The summed E-state index contributed by atoms with van der Waals surface area (Å²) in [6, 6.07) is 8.42. The van der Waals surface area contributed by atoms with Gasteiger partial charge in [0.05, 0.1) is 6.61 Å². The van der Waals surface area contributed by atoms with E-state index >= 15 is 0 Å². The molecule has 0 fully saturated rings. The first-order valence-corrected chi connectivity index (χ1v) is 7.80. The van der Waals surface area contributed by atoms with Crippen LogP contribution in [0.3, 0.4) is 0 Å². The van der Waals surface area contributed by atoms with Crippen molar-refractivity contribution in [3.05, 3.63) is 29.8 Å². The molecule has 0 bridgehead atoms. The molecule has 2 unspecified atom stereocenters. The van der Waals surface area contributed by atoms with Crippen LogP contribution < -0.4 is 10.1 Å². The minimum Gasteiger partial charge on any atom is -0.493 e. The highest BCUT2D eigenvalue weighted by Gasteiger charge is 2.13. The van der Waals surface area contributed by atoms with Crippen molar-refractivity contribution in [3.8, 4) is 5.75 Å². The maximum absolute atomic E-state index is 6.05. The molecule has 2 nitrogen and oxygen atoms in total. The van der Waals surface area contributed by atoms with Crippen LogP contribution in [-0.4, -0.2) is 18.7 Å². The van der Waals surface area contributed by atoms with Gasteiger partial charge in [-0.2, -0.15) is 0 Å². The quantitative estimate of drug-likeness (QED) is 0.786. The molecule has 114 valence electrons. The van der Waals surface area contributed by atoms with Gasteiger partial charge in [-0.15, -0.1) is 0 Å². The van der Waals surface area contributed by atoms with Gasteiger partial charge in [0.15, 0.2) is 0 Å². The monoisotopic (exact) mass is 277 g/mol. The minimum absolute atomic E-state index is 0.170. The SMILES string of the molecule is CCC(C)c1ccccc1OCC(C)CNC(C)(C)C. The zero-order chi connectivity index (χ0) is 15.2. The molecule has 0 heterocycles. The van der Waals surface area contributed by atoms with E-state index in [0.717, 1.165) is 25.3 Å². The van der Waals surface area contributed by atoms with Crippen molar-refractivity contribution >= 4 is 0 Å². The molecule has 0 radical (unpaired) electrons. The molecule has 20 heavy (non-hydrogen) atoms. The maximum Gasteiger partial charge on any atom is 0.122 e. The average Bonchev–Trinajstić information content (AvgIpc) is 2.41. The van der Waals surface area contributed by atoms with Crippen LogP contribution in [0.5, 0.6) is 5.75 Å². The third kappa shape index (κ3) is 5.96. The normalized spacial score (nSPS) is 14.9. The van der Waals surface area contributed by atoms with Crippen LogP contribution in [-0.2, 0) is 0 Å². The zero-order valence-electron chi connectivity index (χ0n) is 14.0. The summed E-state index contributed by atoms with van der Waals surface area (Å²) in [5.41, 5.74) is 1.49. The smallest absolute Gasteiger partial charge is 0.122 e. The molecule has 0 spiro atoms. The molecule has 0 saturated carbocycles. The zero-order valence-corrected chi connectivity index (χ0v) is 14.0. The van der Waals surface area contributed by atoms with Crippen molar-refractivity contribution in [2.75, 3.05) is 13.2 Å². The van der Waals surface area contributed by atoms with Crippen molar-refractivity contribution in [3.63, 3.8) is 0 Å². The molecule has 0 amide bonds. The summed E-state index contributed by atoms with van der Waals surface area (Å²) in [7, 11) is 0. The number of rotatable bonds is 7. The van der Waals surface area contributed by atoms with Gasteiger partial charge in [0.25, 0.3) is 0 Å². The van der Waals surface area contributed by atoms with Crippen LogP contribution in [0.2, 0.25) is 0 Å². The standard InChI is InChI=1S/C18H31NO/c1-7-15(3)16-10-8-9-11-17(16)20-13-14(2)12-19-18(4,5)6/h8-11,14-15,19H,7,12-13H2,1-6H3. The first-order chi connectivity index (χ1) is 9.33. The Kier molecular flexibility index (Phi) is 6.54. The fraction of sp³-hybridized carbons (Fsp3) is 0.667. The number of nitrogens with one attached hydrogen (secondary N) is 1. The Morgan fingerprint density at radius 2 is 1.80 bits per heavy atom. The Bertz CT molecular complexity index is 395. The number of ether oxygens (including phenoxy) is 1. The maximum atomic E-state index is 6.05. The number of hydrogen-bond donors (Lipinski definition) is 1. The van der Waals surface area contributed by atoms with Crippen LogP contribution in [0, 0.1) is 5.92 Å². The van der Waals surface area contributed by atoms with Gasteiger partial charge < -0.3 is 10.1 Å². The molecule has 0 aromatic heterocycles. The van der Waals surface area contributed by atoms with Crippen molar-refractivity contribution < 1.29 is 4.74 Å². The average molecular weight is 277 g/mol. The van der Waals surface area contributed by atoms with Gasteiger partial charge in [-0.05, 0) is 44.7 Å². The Balaban J connectivity index is 2.53. The summed E-state index contributed by atoms with van der Waals surface area (Å²) < 4.78 is 6.05. The van der Waals surface area contributed by atoms with E-state index in [-0.39, 0.29) is 5.54 Å². The van der Waals surface area contributed by atoms with E-state index in [1.54, 1.807) is 0 Å². The van der Waals surface area contributed by atoms with E-state index in [4.69, 9.17) is 4.74 Å². The van der Waals surface area contributed by atoms with Crippen molar-refractivity contribution in [2.24, 2.45) is 5.92 Å². The number of hydrogen-bond acceptors (Lipinski definition) is 2. The van der Waals surface area contributed by atoms with Crippen molar-refractivity contribution in [2.45, 2.75) is 59.4 Å². The molecular weight excluding hydrogens is 246 g/mol. The second kappa shape index (κ2) is 7.68. The van der Waals surface area contributed by atoms with Crippen LogP contribution >= 0.6 is 0 Å². The molecular formula is C18H31NO. The molecule has 2 heteroatoms. The van der Waals surface area contributed by atoms with Gasteiger partial charge in [0, 0.05) is 18.0 Å². The second-order valence-electron chi connectivity index (χ2n) is 6.89. The Labute approximate surface area is 124 Å². The summed E-state index contributed by atoms with van der Waals surface area (Å²) in [4.78, 5) is 0. The Hall–Kier alpha value is -1.02. The van der Waals surface area contributed by atoms with Gasteiger partial charge in [0.2, 0.25) is 0 Å². The molecule has 2 atom stereocenters. The summed E-state index contributed by atoms with van der Waals surface area (Å²) in [5.74, 6) is 2.10. The lowest BCUT2D eigenvalue weighted by molar-refractivity contribution is 0.241. The lowest BCUT2D eigenvalue weighted by Gasteiger charge is -2.24. The third-order valence-corrected chi connectivity index (χ3v) is 3.57. The predicted octanol–water partition coefficient (Wildman–Crippen LogP) is 4.60. The number of benzene rings is 1. The predicted molar refractivity (Wildman–Crippen MR) is 87.6 cm³/mol. The van der Waals surface area contributed by atoms with Crippen LogP contribution in [0.15, 0.2) is 24.3 Å². The van der Waals surface area contributed by atoms with Crippen LogP contribution in [0.4, 0.5) is 0 Å². The molecule has 1 aromatic rings. The highest BCUT2D eigenvalue weighted by Crippen LogP contribution is 2.28. The van der Waals surface area contributed by atoms with Gasteiger partial charge in [-0.1, -0.05) is 39.0 Å². The number of para-hydroxylation sites is 1. The van der Waals surface area contributed by atoms with E-state index < -0.39 is 0 Å². The van der Waals surface area contributed by atoms with Gasteiger partial charge >= 0.3 is 0 Å². The van der Waals surface area contributed by atoms with E-state index in [1.807, 2.05) is 0 Å². The van der Waals surface area contributed by atoms with E-state index in [9.17, 15) is 0 Å². The van der Waals surface area contributed by atoms with Gasteiger partial charge in [0.1, 0.15) is 5.75 Å². The van der Waals surface area contributed by atoms with E-state index in [1.165, 1.54) is 5.56 Å². The van der Waals surface area contributed by atoms with Gasteiger partial charge in [-0.25, -0.2) is 0 Å². The molecule has 1 aromatic carbocycles. The third-order valence-electron chi connectivity index (χ3n) is 3.57. The lowest BCUT2D eigenvalue weighted by atomic mass is 9.98. The van der Waals surface area contributed by atoms with Crippen LogP contribution in [0.25, 0.3) is 0 Å². The molecule has 0 aliphatic rings. The van der Waals surface area contributed by atoms with Crippen molar-refractivity contribution in [1.29, 1.82) is 0 Å². The van der Waals surface area contributed by atoms with Gasteiger partial charge in [-0.3, -0.25) is 0 Å². The van der Waals surface area contributed by atoms with Crippen molar-refractivity contribution in [1.82, 2.24) is 5.32 Å². The van der Waals surface area contributed by atoms with E-state index in [0.29, 0.717) is 11.8 Å². The fourth-order valence-corrected chi connectivity index (χ4v) is 2.01. The molecule has 0 aliphatic heterocycles. The lowest BCUT2D eigenvalue weighted by Crippen LogP contribution is -2.39. The highest BCUT2D eigenvalue weighted by molar-refractivity contribution is 5.35. The first kappa shape index (κ1) is 17.0. The first-order valence-electron chi connectivity index (χ1n) is 7.80. The topological polar surface area (TPSA) is 21.3 Å². The fourth-order valence-electron chi connectivity index (χ4n) is 2.01. The molecule has 1 N–H and O–H groups in total. The highest BCUT2D eigenvalue weighted by atomic mass is 16.5. The molecule has 0 aliphatic carbocycles. The summed E-state index contributed by atoms with van der Waals surface area (Å²) in [6.45, 7) is 15.0. The minimum atomic E-state index is 0.170. The van der Waals surface area contributed by atoms with E-state index in [2.05, 4.69) is 71.1 Å². The Morgan fingerprint density at radius 1 is 1.15 bits per heavy atom. The largest absolute Gasteiger partial charge is 0.493 e. The second-order valence-corrected chi connectivity index (χ2v) is 6.89. The summed E-state index contributed by atoms with van der Waals surface area (Å²) in [5, 5.41) is 3.53. The molecule has 0 saturated heterocycles.